The van der Waals surface area contributed by atoms with E-state index in [0.29, 0.717) is 16.6 Å². The Hall–Kier alpha value is -4.17. The van der Waals surface area contributed by atoms with Crippen LogP contribution in [0, 0.1) is 11.8 Å². The van der Waals surface area contributed by atoms with Crippen LogP contribution in [0.5, 0.6) is 0 Å². The van der Waals surface area contributed by atoms with Gasteiger partial charge in [0, 0.05) is 29.8 Å². The number of nitrogens with one attached hydrogen (secondary N) is 1. The fraction of sp³-hybridized carbons (Fsp3) is 0.0800. The van der Waals surface area contributed by atoms with Crippen molar-refractivity contribution in [2.24, 2.45) is 0 Å². The largest absolute Gasteiger partial charge is 0.326 e. The van der Waals surface area contributed by atoms with Crippen LogP contribution in [-0.4, -0.2) is 15.5 Å². The third-order valence-corrected chi connectivity index (χ3v) is 4.58. The number of carbonyl (C=O) groups is 1. The Bertz CT molecular complexity index is 1310. The van der Waals surface area contributed by atoms with E-state index in [1.54, 1.807) is 18.2 Å². The molecule has 0 aliphatic heterocycles. The summed E-state index contributed by atoms with van der Waals surface area (Å²) in [6, 6.07) is 24.3. The summed E-state index contributed by atoms with van der Waals surface area (Å²) in [7, 11) is 0. The monoisotopic (exact) mass is 393 g/mol. The summed E-state index contributed by atoms with van der Waals surface area (Å²) < 4.78 is 1.46. The molecular formula is C25H19N3O2. The van der Waals surface area contributed by atoms with Crippen molar-refractivity contribution < 1.29 is 4.79 Å². The van der Waals surface area contributed by atoms with E-state index in [1.165, 1.54) is 10.9 Å². The third kappa shape index (κ3) is 4.62. The van der Waals surface area contributed by atoms with Gasteiger partial charge in [0.2, 0.25) is 5.91 Å². The number of aryl methyl sites for hydroxylation is 1. The maximum Gasteiger partial charge on any atom is 0.261 e. The maximum absolute atomic E-state index is 12.5. The molecule has 0 fully saturated rings. The van der Waals surface area contributed by atoms with Crippen molar-refractivity contribution in [3.63, 3.8) is 0 Å². The highest BCUT2D eigenvalue weighted by atomic mass is 16.1. The van der Waals surface area contributed by atoms with Crippen molar-refractivity contribution in [1.29, 1.82) is 0 Å². The second-order valence-corrected chi connectivity index (χ2v) is 6.76. The molecule has 4 rings (SSSR count). The van der Waals surface area contributed by atoms with E-state index in [-0.39, 0.29) is 24.4 Å². The first-order chi connectivity index (χ1) is 14.7. The van der Waals surface area contributed by atoms with E-state index >= 15 is 0 Å². The first kappa shape index (κ1) is 19.2. The third-order valence-electron chi connectivity index (χ3n) is 4.58. The Morgan fingerprint density at radius 2 is 1.63 bits per heavy atom. The van der Waals surface area contributed by atoms with Crippen LogP contribution in [0.3, 0.4) is 0 Å². The van der Waals surface area contributed by atoms with E-state index in [4.69, 9.17) is 0 Å². The first-order valence-corrected chi connectivity index (χ1v) is 9.60. The van der Waals surface area contributed by atoms with Crippen molar-refractivity contribution in [2.75, 3.05) is 5.32 Å². The number of aromatic nitrogens is 2. The Morgan fingerprint density at radius 1 is 0.900 bits per heavy atom. The Morgan fingerprint density at radius 3 is 2.50 bits per heavy atom. The number of nitrogens with zero attached hydrogens (tertiary/aromatic N) is 2. The van der Waals surface area contributed by atoms with E-state index in [9.17, 15) is 9.59 Å². The van der Waals surface area contributed by atoms with Gasteiger partial charge < -0.3 is 5.32 Å². The molecule has 0 atom stereocenters. The molecule has 1 amide bonds. The zero-order valence-electron chi connectivity index (χ0n) is 16.2. The molecule has 0 spiro atoms. The SMILES string of the molecule is O=C(CCn1cnc2ccccc2c1=O)Nc1cccc(C#Cc2ccccc2)c1. The number of hydrogen-bond acceptors (Lipinski definition) is 3. The zero-order valence-corrected chi connectivity index (χ0v) is 16.2. The molecule has 5 nitrogen and oxygen atoms in total. The lowest BCUT2D eigenvalue weighted by Gasteiger charge is -2.08. The number of para-hydroxylation sites is 1. The Kier molecular flexibility index (Phi) is 5.68. The van der Waals surface area contributed by atoms with Gasteiger partial charge >= 0.3 is 0 Å². The smallest absolute Gasteiger partial charge is 0.261 e. The van der Waals surface area contributed by atoms with E-state index in [1.807, 2.05) is 60.7 Å². The average Bonchev–Trinajstić information content (AvgIpc) is 2.78. The highest BCUT2D eigenvalue weighted by Gasteiger charge is 2.07. The summed E-state index contributed by atoms with van der Waals surface area (Å²) in [5.74, 6) is 6.03. The van der Waals surface area contributed by atoms with Crippen LogP contribution >= 0.6 is 0 Å². The molecule has 0 aliphatic carbocycles. The van der Waals surface area contributed by atoms with Crippen molar-refractivity contribution in [2.45, 2.75) is 13.0 Å². The summed E-state index contributed by atoms with van der Waals surface area (Å²) in [6.07, 6.45) is 1.65. The van der Waals surface area contributed by atoms with Gasteiger partial charge in [-0.15, -0.1) is 0 Å². The molecule has 1 heterocycles. The van der Waals surface area contributed by atoms with Crippen LogP contribution in [0.15, 0.2) is 90.0 Å². The fourth-order valence-electron chi connectivity index (χ4n) is 3.05. The second-order valence-electron chi connectivity index (χ2n) is 6.76. The van der Waals surface area contributed by atoms with Crippen molar-refractivity contribution in [3.8, 4) is 11.8 Å². The minimum absolute atomic E-state index is 0.147. The molecule has 0 aliphatic rings. The second kappa shape index (κ2) is 8.89. The van der Waals surface area contributed by atoms with Crippen LogP contribution in [0.25, 0.3) is 10.9 Å². The van der Waals surface area contributed by atoms with E-state index in [0.717, 1.165) is 11.1 Å². The fourth-order valence-corrected chi connectivity index (χ4v) is 3.05. The van der Waals surface area contributed by atoms with Gasteiger partial charge in [0.1, 0.15) is 0 Å². The van der Waals surface area contributed by atoms with Gasteiger partial charge in [-0.3, -0.25) is 14.2 Å². The quantitative estimate of drug-likeness (QED) is 0.536. The molecule has 0 unspecified atom stereocenters. The molecular weight excluding hydrogens is 374 g/mol. The first-order valence-electron chi connectivity index (χ1n) is 9.60. The number of amides is 1. The lowest BCUT2D eigenvalue weighted by atomic mass is 10.1. The minimum atomic E-state index is -0.178. The zero-order chi connectivity index (χ0) is 20.8. The molecule has 5 heteroatoms. The van der Waals surface area contributed by atoms with Crippen LogP contribution < -0.4 is 10.9 Å². The van der Waals surface area contributed by atoms with Gasteiger partial charge in [0.15, 0.2) is 0 Å². The van der Waals surface area contributed by atoms with Crippen molar-refractivity contribution >= 4 is 22.5 Å². The van der Waals surface area contributed by atoms with E-state index in [2.05, 4.69) is 22.1 Å². The molecule has 4 aromatic rings. The number of rotatable bonds is 4. The van der Waals surface area contributed by atoms with Crippen molar-refractivity contribution in [1.82, 2.24) is 9.55 Å². The molecule has 0 saturated heterocycles. The highest BCUT2D eigenvalue weighted by Crippen LogP contribution is 2.11. The summed E-state index contributed by atoms with van der Waals surface area (Å²) in [4.78, 5) is 29.2. The van der Waals surface area contributed by atoms with Crippen LogP contribution in [0.1, 0.15) is 17.5 Å². The van der Waals surface area contributed by atoms with Crippen LogP contribution in [0.4, 0.5) is 5.69 Å². The van der Waals surface area contributed by atoms with Gasteiger partial charge in [0.25, 0.3) is 5.56 Å². The summed E-state index contributed by atoms with van der Waals surface area (Å²) in [5, 5.41) is 3.41. The molecule has 0 bridgehead atoms. The van der Waals surface area contributed by atoms with Gasteiger partial charge in [0.05, 0.1) is 17.2 Å². The molecule has 1 N–H and O–H groups in total. The number of carbonyl (C=O) groups excluding carboxylic acids is 1. The van der Waals surface area contributed by atoms with Crippen molar-refractivity contribution in [3.05, 3.63) is 107 Å². The standard InChI is InChI=1S/C25H19N3O2/c29-24(15-16-28-18-26-23-12-5-4-11-22(23)25(28)30)27-21-10-6-9-20(17-21)14-13-19-7-2-1-3-8-19/h1-12,17-18H,15-16H2,(H,27,29). The van der Waals surface area contributed by atoms with Crippen LogP contribution in [-0.2, 0) is 11.3 Å². The van der Waals surface area contributed by atoms with Gasteiger partial charge in [-0.25, -0.2) is 4.98 Å². The number of fused-ring (bicyclic) bond motifs is 1. The molecule has 3 aromatic carbocycles. The topological polar surface area (TPSA) is 64.0 Å². The lowest BCUT2D eigenvalue weighted by Crippen LogP contribution is -2.23. The lowest BCUT2D eigenvalue weighted by molar-refractivity contribution is -0.116. The Labute approximate surface area is 174 Å². The van der Waals surface area contributed by atoms with E-state index < -0.39 is 0 Å². The average molecular weight is 393 g/mol. The minimum Gasteiger partial charge on any atom is -0.326 e. The molecule has 0 radical (unpaired) electrons. The molecule has 30 heavy (non-hydrogen) atoms. The molecule has 1 aromatic heterocycles. The number of benzene rings is 3. The maximum atomic E-state index is 12.5. The summed E-state index contributed by atoms with van der Waals surface area (Å²) >= 11 is 0. The normalized spacial score (nSPS) is 10.3. The number of anilines is 1. The van der Waals surface area contributed by atoms with Crippen LogP contribution in [0.2, 0.25) is 0 Å². The number of hydrogen-bond donors (Lipinski definition) is 1. The van der Waals surface area contributed by atoms with Gasteiger partial charge in [-0.05, 0) is 42.5 Å². The Balaban J connectivity index is 1.41. The molecule has 0 saturated carbocycles. The predicted octanol–water partition coefficient (Wildman–Crippen LogP) is 3.83. The summed E-state index contributed by atoms with van der Waals surface area (Å²) in [6.45, 7) is 0.260. The summed E-state index contributed by atoms with van der Waals surface area (Å²) in [5.41, 5.74) is 2.92. The van der Waals surface area contributed by atoms with Gasteiger partial charge in [-0.2, -0.15) is 0 Å². The van der Waals surface area contributed by atoms with Gasteiger partial charge in [-0.1, -0.05) is 48.2 Å². The highest BCUT2D eigenvalue weighted by molar-refractivity contribution is 5.90. The molecule has 146 valence electrons. The predicted molar refractivity (Wildman–Crippen MR) is 118 cm³/mol.